The molecule has 3 rings (SSSR count). The standard InChI is InChI=1S/C16H16N4/c1-2-5-12-10-14(17)20-16(19-12)15-13-7-4-3-6-11(13)8-9-18-15/h3-4,6-10H,2,5H2,1H3,(H2,17,19,20). The third-order valence-corrected chi connectivity index (χ3v) is 3.19. The summed E-state index contributed by atoms with van der Waals surface area (Å²) in [6.07, 6.45) is 3.70. The molecule has 2 N–H and O–H groups in total. The van der Waals surface area contributed by atoms with Crippen molar-refractivity contribution >= 4 is 16.6 Å². The van der Waals surface area contributed by atoms with E-state index < -0.39 is 0 Å². The number of anilines is 1. The molecule has 0 fully saturated rings. The van der Waals surface area contributed by atoms with Gasteiger partial charge in [-0.1, -0.05) is 37.6 Å². The van der Waals surface area contributed by atoms with E-state index in [0.717, 1.165) is 35.0 Å². The van der Waals surface area contributed by atoms with Crippen molar-refractivity contribution in [2.75, 3.05) is 5.73 Å². The van der Waals surface area contributed by atoms with Crippen molar-refractivity contribution in [3.05, 3.63) is 48.3 Å². The Morgan fingerprint density at radius 1 is 1.10 bits per heavy atom. The van der Waals surface area contributed by atoms with Crippen molar-refractivity contribution in [2.24, 2.45) is 0 Å². The Labute approximate surface area is 117 Å². The van der Waals surface area contributed by atoms with Crippen LogP contribution in [-0.2, 0) is 6.42 Å². The summed E-state index contributed by atoms with van der Waals surface area (Å²) < 4.78 is 0. The number of benzene rings is 1. The molecule has 0 aliphatic rings. The second-order valence-electron chi connectivity index (χ2n) is 4.74. The molecule has 100 valence electrons. The lowest BCUT2D eigenvalue weighted by atomic mass is 10.1. The first-order valence-corrected chi connectivity index (χ1v) is 6.75. The molecule has 0 aliphatic heterocycles. The van der Waals surface area contributed by atoms with Gasteiger partial charge >= 0.3 is 0 Å². The first-order valence-electron chi connectivity index (χ1n) is 6.75. The van der Waals surface area contributed by atoms with E-state index in [1.807, 2.05) is 30.3 Å². The van der Waals surface area contributed by atoms with E-state index in [0.29, 0.717) is 11.6 Å². The second-order valence-corrected chi connectivity index (χ2v) is 4.74. The molecule has 4 heteroatoms. The Morgan fingerprint density at radius 2 is 1.95 bits per heavy atom. The smallest absolute Gasteiger partial charge is 0.181 e. The van der Waals surface area contributed by atoms with Crippen molar-refractivity contribution in [3.8, 4) is 11.5 Å². The van der Waals surface area contributed by atoms with Crippen LogP contribution in [0.25, 0.3) is 22.3 Å². The number of hydrogen-bond donors (Lipinski definition) is 1. The molecule has 3 aromatic rings. The highest BCUT2D eigenvalue weighted by Crippen LogP contribution is 2.24. The minimum Gasteiger partial charge on any atom is -0.384 e. The minimum atomic E-state index is 0.494. The first kappa shape index (κ1) is 12.5. The fourth-order valence-electron chi connectivity index (χ4n) is 2.31. The van der Waals surface area contributed by atoms with Gasteiger partial charge in [-0.3, -0.25) is 4.98 Å². The van der Waals surface area contributed by atoms with Crippen molar-refractivity contribution < 1.29 is 0 Å². The molecule has 0 radical (unpaired) electrons. The average molecular weight is 264 g/mol. The summed E-state index contributed by atoms with van der Waals surface area (Å²) >= 11 is 0. The highest BCUT2D eigenvalue weighted by molar-refractivity contribution is 5.92. The van der Waals surface area contributed by atoms with Crippen molar-refractivity contribution in [3.63, 3.8) is 0 Å². The highest BCUT2D eigenvalue weighted by atomic mass is 15.0. The molecule has 0 saturated carbocycles. The van der Waals surface area contributed by atoms with E-state index >= 15 is 0 Å². The lowest BCUT2D eigenvalue weighted by Gasteiger charge is -2.07. The molecule has 0 amide bonds. The minimum absolute atomic E-state index is 0.494. The summed E-state index contributed by atoms with van der Waals surface area (Å²) in [5.74, 6) is 1.10. The number of hydrogen-bond acceptors (Lipinski definition) is 4. The number of fused-ring (bicyclic) bond motifs is 1. The van der Waals surface area contributed by atoms with Crippen LogP contribution < -0.4 is 5.73 Å². The van der Waals surface area contributed by atoms with Crippen LogP contribution in [0.15, 0.2) is 42.6 Å². The molecule has 0 saturated heterocycles. The fraction of sp³-hybridized carbons (Fsp3) is 0.188. The van der Waals surface area contributed by atoms with E-state index in [9.17, 15) is 0 Å². The summed E-state index contributed by atoms with van der Waals surface area (Å²) in [6, 6.07) is 11.9. The van der Waals surface area contributed by atoms with Gasteiger partial charge in [0.1, 0.15) is 11.5 Å². The van der Waals surface area contributed by atoms with Gasteiger partial charge in [0.05, 0.1) is 0 Å². The Balaban J connectivity index is 2.20. The maximum atomic E-state index is 5.89. The van der Waals surface area contributed by atoms with E-state index in [-0.39, 0.29) is 0 Å². The fourth-order valence-corrected chi connectivity index (χ4v) is 2.31. The zero-order valence-electron chi connectivity index (χ0n) is 11.4. The molecule has 0 atom stereocenters. The summed E-state index contributed by atoms with van der Waals surface area (Å²) in [5.41, 5.74) is 7.64. The lowest BCUT2D eigenvalue weighted by molar-refractivity contribution is 0.876. The monoisotopic (exact) mass is 264 g/mol. The zero-order valence-corrected chi connectivity index (χ0v) is 11.4. The zero-order chi connectivity index (χ0) is 13.9. The Bertz CT molecular complexity index is 747. The molecule has 20 heavy (non-hydrogen) atoms. The van der Waals surface area contributed by atoms with E-state index in [1.165, 1.54) is 0 Å². The van der Waals surface area contributed by atoms with Crippen molar-refractivity contribution in [1.82, 2.24) is 15.0 Å². The molecule has 0 bridgehead atoms. The van der Waals surface area contributed by atoms with Crippen molar-refractivity contribution in [1.29, 1.82) is 0 Å². The highest BCUT2D eigenvalue weighted by Gasteiger charge is 2.10. The van der Waals surface area contributed by atoms with Crippen LogP contribution in [0.1, 0.15) is 19.0 Å². The number of aryl methyl sites for hydroxylation is 1. The van der Waals surface area contributed by atoms with Crippen LogP contribution in [0.3, 0.4) is 0 Å². The quantitative estimate of drug-likeness (QED) is 0.788. The van der Waals surface area contributed by atoms with Crippen LogP contribution in [0.2, 0.25) is 0 Å². The second kappa shape index (κ2) is 5.25. The van der Waals surface area contributed by atoms with Gasteiger partial charge in [0.25, 0.3) is 0 Å². The van der Waals surface area contributed by atoms with Crippen LogP contribution in [-0.4, -0.2) is 15.0 Å². The molecule has 1 aromatic carbocycles. The maximum Gasteiger partial charge on any atom is 0.181 e. The largest absolute Gasteiger partial charge is 0.384 e. The molecular weight excluding hydrogens is 248 g/mol. The number of nitrogen functional groups attached to an aromatic ring is 1. The van der Waals surface area contributed by atoms with Crippen LogP contribution in [0, 0.1) is 0 Å². The summed E-state index contributed by atoms with van der Waals surface area (Å²) in [6.45, 7) is 2.12. The molecule has 4 nitrogen and oxygen atoms in total. The lowest BCUT2D eigenvalue weighted by Crippen LogP contribution is -2.01. The van der Waals surface area contributed by atoms with Crippen LogP contribution in [0.5, 0.6) is 0 Å². The maximum absolute atomic E-state index is 5.89. The number of nitrogens with two attached hydrogens (primary N) is 1. The third kappa shape index (κ3) is 2.32. The summed E-state index contributed by atoms with van der Waals surface area (Å²) in [7, 11) is 0. The van der Waals surface area contributed by atoms with Crippen molar-refractivity contribution in [2.45, 2.75) is 19.8 Å². The molecule has 0 unspecified atom stereocenters. The number of rotatable bonds is 3. The Kier molecular flexibility index (Phi) is 3.29. The van der Waals surface area contributed by atoms with Gasteiger partial charge in [-0.05, 0) is 17.9 Å². The third-order valence-electron chi connectivity index (χ3n) is 3.19. The first-order chi connectivity index (χ1) is 9.78. The van der Waals surface area contributed by atoms with Crippen LogP contribution >= 0.6 is 0 Å². The molecule has 0 aliphatic carbocycles. The Morgan fingerprint density at radius 3 is 2.80 bits per heavy atom. The normalized spacial score (nSPS) is 10.8. The average Bonchev–Trinajstić information content (AvgIpc) is 2.46. The van der Waals surface area contributed by atoms with Gasteiger partial charge in [-0.2, -0.15) is 0 Å². The van der Waals surface area contributed by atoms with Gasteiger partial charge in [0.2, 0.25) is 0 Å². The topological polar surface area (TPSA) is 64.7 Å². The van der Waals surface area contributed by atoms with Gasteiger partial charge in [0, 0.05) is 23.3 Å². The predicted molar refractivity (Wildman–Crippen MR) is 81.2 cm³/mol. The SMILES string of the molecule is CCCc1cc(N)nc(-c2nccc3ccccc23)n1. The van der Waals surface area contributed by atoms with E-state index in [4.69, 9.17) is 5.73 Å². The molecule has 2 aromatic heterocycles. The van der Waals surface area contributed by atoms with Gasteiger partial charge in [0.15, 0.2) is 5.82 Å². The van der Waals surface area contributed by atoms with E-state index in [1.54, 1.807) is 6.20 Å². The summed E-state index contributed by atoms with van der Waals surface area (Å²) in [4.78, 5) is 13.4. The molecular formula is C16H16N4. The van der Waals surface area contributed by atoms with Gasteiger partial charge in [-0.25, -0.2) is 9.97 Å². The van der Waals surface area contributed by atoms with Crippen LogP contribution in [0.4, 0.5) is 5.82 Å². The van der Waals surface area contributed by atoms with Gasteiger partial charge in [-0.15, -0.1) is 0 Å². The predicted octanol–water partition coefficient (Wildman–Crippen LogP) is 3.23. The summed E-state index contributed by atoms with van der Waals surface area (Å²) in [5, 5.41) is 2.17. The molecule has 0 spiro atoms. The number of nitrogens with zero attached hydrogens (tertiary/aromatic N) is 3. The number of aromatic nitrogens is 3. The van der Waals surface area contributed by atoms with E-state index in [2.05, 4.69) is 27.9 Å². The van der Waals surface area contributed by atoms with Gasteiger partial charge < -0.3 is 5.73 Å². The number of pyridine rings is 1. The molecule has 2 heterocycles. The Hall–Kier alpha value is -2.49.